The summed E-state index contributed by atoms with van der Waals surface area (Å²) >= 11 is 0. The minimum absolute atomic E-state index is 0.0873. The Morgan fingerprint density at radius 2 is 2.06 bits per heavy atom. The fourth-order valence-electron chi connectivity index (χ4n) is 3.12. The van der Waals surface area contributed by atoms with Crippen LogP contribution in [0.4, 0.5) is 29.2 Å². The van der Waals surface area contributed by atoms with E-state index >= 15 is 0 Å². The van der Waals surface area contributed by atoms with E-state index in [0.717, 1.165) is 12.3 Å². The third-order valence-electron chi connectivity index (χ3n) is 4.77. The Morgan fingerprint density at radius 1 is 1.29 bits per heavy atom. The number of halogens is 4. The predicted octanol–water partition coefficient (Wildman–Crippen LogP) is 4.99. The molecular formula is C21H19F4N3O3. The second-order valence-electron chi connectivity index (χ2n) is 7.04. The molecule has 1 aromatic carbocycles. The Hall–Kier alpha value is -3.43. The van der Waals surface area contributed by atoms with Gasteiger partial charge in [-0.15, -0.1) is 0 Å². The first-order chi connectivity index (χ1) is 14.6. The lowest BCUT2D eigenvalue weighted by atomic mass is 9.76. The number of carboxylic acid groups (broad SMARTS) is 1. The molecule has 1 aliphatic rings. The van der Waals surface area contributed by atoms with E-state index in [2.05, 4.69) is 15.3 Å². The Morgan fingerprint density at radius 3 is 2.74 bits per heavy atom. The van der Waals surface area contributed by atoms with E-state index in [1.807, 2.05) is 0 Å². The van der Waals surface area contributed by atoms with Gasteiger partial charge in [-0.3, -0.25) is 4.79 Å². The summed E-state index contributed by atoms with van der Waals surface area (Å²) in [7, 11) is 0. The minimum Gasteiger partial charge on any atom is -0.494 e. The van der Waals surface area contributed by atoms with Crippen molar-refractivity contribution in [1.82, 2.24) is 9.97 Å². The standard InChI is InChI=1S/C21H19F4N3O3/c1-20(18(29)30)12-14(5-6-17(20)31-10-8-22)13-3-2-4-15(11-13)27-19-26-9-7-16(28-19)21(23,24)25/h2-7,9,11H,8,10,12H2,1H3,(H,29,30)(H,26,27,28). The molecule has 1 atom stereocenters. The number of hydrogen-bond acceptors (Lipinski definition) is 5. The summed E-state index contributed by atoms with van der Waals surface area (Å²) in [5.74, 6) is -1.18. The van der Waals surface area contributed by atoms with Crippen LogP contribution in [0.5, 0.6) is 0 Å². The van der Waals surface area contributed by atoms with Gasteiger partial charge in [-0.2, -0.15) is 13.2 Å². The van der Waals surface area contributed by atoms with Crippen LogP contribution in [-0.4, -0.2) is 34.3 Å². The van der Waals surface area contributed by atoms with Crippen molar-refractivity contribution >= 4 is 23.2 Å². The maximum Gasteiger partial charge on any atom is 0.433 e. The maximum absolute atomic E-state index is 12.9. The number of allylic oxidation sites excluding steroid dienone is 3. The smallest absolute Gasteiger partial charge is 0.433 e. The molecule has 2 N–H and O–H groups in total. The molecule has 1 unspecified atom stereocenters. The third-order valence-corrected chi connectivity index (χ3v) is 4.77. The van der Waals surface area contributed by atoms with Crippen LogP contribution in [0.3, 0.4) is 0 Å². The van der Waals surface area contributed by atoms with Crippen LogP contribution in [0.2, 0.25) is 0 Å². The maximum atomic E-state index is 12.9. The zero-order valence-electron chi connectivity index (χ0n) is 16.4. The first kappa shape index (κ1) is 22.3. The fourth-order valence-corrected chi connectivity index (χ4v) is 3.12. The molecule has 164 valence electrons. The molecule has 1 heterocycles. The molecule has 31 heavy (non-hydrogen) atoms. The third kappa shape index (κ3) is 5.01. The summed E-state index contributed by atoms with van der Waals surface area (Å²) in [4.78, 5) is 19.2. The second kappa shape index (κ2) is 8.75. The van der Waals surface area contributed by atoms with Crippen molar-refractivity contribution in [1.29, 1.82) is 0 Å². The van der Waals surface area contributed by atoms with Gasteiger partial charge in [0.25, 0.3) is 0 Å². The van der Waals surface area contributed by atoms with Gasteiger partial charge in [-0.25, -0.2) is 14.4 Å². The van der Waals surface area contributed by atoms with Gasteiger partial charge in [-0.1, -0.05) is 18.2 Å². The molecule has 0 spiro atoms. The SMILES string of the molecule is CC1(C(=O)O)CC(c2cccc(Nc3nccc(C(F)(F)F)n3)c2)=CC=C1OCCF. The molecule has 1 aromatic heterocycles. The van der Waals surface area contributed by atoms with Gasteiger partial charge in [-0.05, 0) is 48.8 Å². The molecule has 0 bridgehead atoms. The average Bonchev–Trinajstić information content (AvgIpc) is 2.72. The van der Waals surface area contributed by atoms with Gasteiger partial charge in [0.15, 0.2) is 0 Å². The van der Waals surface area contributed by atoms with Gasteiger partial charge in [0, 0.05) is 11.9 Å². The lowest BCUT2D eigenvalue weighted by Gasteiger charge is -2.31. The molecule has 0 aliphatic heterocycles. The van der Waals surface area contributed by atoms with Crippen LogP contribution < -0.4 is 5.32 Å². The zero-order valence-corrected chi connectivity index (χ0v) is 16.4. The quantitative estimate of drug-likeness (QED) is 0.594. The number of carboxylic acids is 1. The number of benzene rings is 1. The summed E-state index contributed by atoms with van der Waals surface area (Å²) in [5, 5.41) is 12.4. The lowest BCUT2D eigenvalue weighted by Crippen LogP contribution is -2.33. The molecule has 0 radical (unpaired) electrons. The van der Waals surface area contributed by atoms with Gasteiger partial charge in [0.1, 0.15) is 30.1 Å². The molecule has 2 aromatic rings. The van der Waals surface area contributed by atoms with E-state index in [1.165, 1.54) is 13.0 Å². The monoisotopic (exact) mass is 437 g/mol. The molecule has 10 heteroatoms. The van der Waals surface area contributed by atoms with Crippen LogP contribution in [-0.2, 0) is 15.7 Å². The number of ether oxygens (including phenoxy) is 1. The number of aromatic nitrogens is 2. The van der Waals surface area contributed by atoms with Crippen molar-refractivity contribution in [2.24, 2.45) is 5.41 Å². The van der Waals surface area contributed by atoms with Crippen molar-refractivity contribution in [3.8, 4) is 0 Å². The van der Waals surface area contributed by atoms with Crippen molar-refractivity contribution in [3.05, 3.63) is 65.7 Å². The van der Waals surface area contributed by atoms with Crippen LogP contribution in [0.25, 0.3) is 5.57 Å². The van der Waals surface area contributed by atoms with Crippen molar-refractivity contribution < 1.29 is 32.2 Å². The minimum atomic E-state index is -4.59. The molecule has 0 amide bonds. The van der Waals surface area contributed by atoms with Gasteiger partial charge in [0.05, 0.1) is 0 Å². The van der Waals surface area contributed by atoms with Crippen molar-refractivity contribution in [2.75, 3.05) is 18.6 Å². The number of anilines is 2. The van der Waals surface area contributed by atoms with Crippen LogP contribution in [0.15, 0.2) is 54.4 Å². The van der Waals surface area contributed by atoms with Crippen molar-refractivity contribution in [3.63, 3.8) is 0 Å². The number of rotatable bonds is 7. The van der Waals surface area contributed by atoms with Gasteiger partial charge in [0.2, 0.25) is 5.95 Å². The molecular weight excluding hydrogens is 418 g/mol. The number of aliphatic carboxylic acids is 1. The van der Waals surface area contributed by atoms with E-state index in [4.69, 9.17) is 4.74 Å². The molecule has 0 saturated heterocycles. The second-order valence-corrected chi connectivity index (χ2v) is 7.04. The first-order valence-electron chi connectivity index (χ1n) is 9.24. The molecule has 1 aliphatic carbocycles. The number of alkyl halides is 4. The largest absolute Gasteiger partial charge is 0.494 e. The average molecular weight is 437 g/mol. The van der Waals surface area contributed by atoms with Crippen molar-refractivity contribution in [2.45, 2.75) is 19.5 Å². The fraction of sp³-hybridized carbons (Fsp3) is 0.286. The van der Waals surface area contributed by atoms with Gasteiger partial charge < -0.3 is 15.2 Å². The van der Waals surface area contributed by atoms with E-state index in [9.17, 15) is 27.5 Å². The zero-order chi connectivity index (χ0) is 22.6. The van der Waals surface area contributed by atoms with E-state index in [0.29, 0.717) is 16.8 Å². The van der Waals surface area contributed by atoms with Crippen LogP contribution in [0, 0.1) is 5.41 Å². The predicted molar refractivity (Wildman–Crippen MR) is 105 cm³/mol. The highest BCUT2D eigenvalue weighted by atomic mass is 19.4. The summed E-state index contributed by atoms with van der Waals surface area (Å²) in [5.41, 5.74) is -0.693. The number of carbonyl (C=O) groups is 1. The summed E-state index contributed by atoms with van der Waals surface area (Å²) in [6.45, 7) is 0.508. The molecule has 0 fully saturated rings. The first-order valence-corrected chi connectivity index (χ1v) is 9.24. The Labute approximate surface area is 175 Å². The normalized spacial score (nSPS) is 18.7. The van der Waals surface area contributed by atoms with E-state index in [-0.39, 0.29) is 24.7 Å². The number of nitrogens with zero attached hydrogens (tertiary/aromatic N) is 2. The van der Waals surface area contributed by atoms with E-state index < -0.39 is 29.9 Å². The highest BCUT2D eigenvalue weighted by molar-refractivity contribution is 5.84. The van der Waals surface area contributed by atoms with Gasteiger partial charge >= 0.3 is 12.1 Å². The molecule has 0 saturated carbocycles. The molecule has 6 nitrogen and oxygen atoms in total. The summed E-state index contributed by atoms with van der Waals surface area (Å²) in [6.07, 6.45) is -0.321. The van der Waals surface area contributed by atoms with Crippen LogP contribution in [0.1, 0.15) is 24.6 Å². The highest BCUT2D eigenvalue weighted by Crippen LogP contribution is 2.42. The van der Waals surface area contributed by atoms with E-state index in [1.54, 1.807) is 30.3 Å². The Kier molecular flexibility index (Phi) is 6.28. The summed E-state index contributed by atoms with van der Waals surface area (Å²) in [6, 6.07) is 7.46. The number of hydrogen-bond donors (Lipinski definition) is 2. The number of nitrogens with one attached hydrogen (secondary N) is 1. The Balaban J connectivity index is 1.87. The lowest BCUT2D eigenvalue weighted by molar-refractivity contribution is -0.147. The van der Waals surface area contributed by atoms with Crippen LogP contribution >= 0.6 is 0 Å². The molecule has 3 rings (SSSR count). The summed E-state index contributed by atoms with van der Waals surface area (Å²) < 4.78 is 56.3. The highest BCUT2D eigenvalue weighted by Gasteiger charge is 2.41. The topological polar surface area (TPSA) is 84.3 Å². The Bertz CT molecular complexity index is 1040.